The molecule has 0 spiro atoms. The summed E-state index contributed by atoms with van der Waals surface area (Å²) in [4.78, 5) is 10.3. The lowest BCUT2D eigenvalue weighted by Gasteiger charge is -2.22. The van der Waals surface area contributed by atoms with Gasteiger partial charge in [0.25, 0.3) is 0 Å². The van der Waals surface area contributed by atoms with Crippen LogP contribution in [0, 0.1) is 5.82 Å². The first-order valence-corrected chi connectivity index (χ1v) is 6.55. The zero-order valence-corrected chi connectivity index (χ0v) is 11.6. The van der Waals surface area contributed by atoms with Crippen LogP contribution in [-0.4, -0.2) is 23.1 Å². The zero-order chi connectivity index (χ0) is 14.5. The van der Waals surface area contributed by atoms with Crippen molar-refractivity contribution in [3.8, 4) is 0 Å². The van der Waals surface area contributed by atoms with Gasteiger partial charge >= 0.3 is 0 Å². The maximum atomic E-state index is 13.0. The Balaban J connectivity index is 2.38. The molecule has 0 aliphatic heterocycles. The second-order valence-electron chi connectivity index (χ2n) is 4.22. The molecule has 3 N–H and O–H groups in total. The monoisotopic (exact) mass is 275 g/mol. The van der Waals surface area contributed by atoms with Crippen LogP contribution < -0.4 is 16.0 Å². The molecule has 0 aliphatic rings. The van der Waals surface area contributed by atoms with Gasteiger partial charge in [-0.25, -0.2) is 4.39 Å². The Morgan fingerprint density at radius 2 is 1.90 bits per heavy atom. The third-order valence-electron chi connectivity index (χ3n) is 2.82. The molecule has 0 amide bonds. The number of benzene rings is 1. The van der Waals surface area contributed by atoms with E-state index in [0.717, 1.165) is 12.2 Å². The summed E-state index contributed by atoms with van der Waals surface area (Å²) < 4.78 is 13.0. The van der Waals surface area contributed by atoms with Gasteiger partial charge in [0.15, 0.2) is 0 Å². The highest BCUT2D eigenvalue weighted by Gasteiger charge is 2.11. The molecule has 2 aromatic rings. The first-order chi connectivity index (χ1) is 9.63. The second-order valence-corrected chi connectivity index (χ2v) is 4.22. The van der Waals surface area contributed by atoms with E-state index in [-0.39, 0.29) is 11.8 Å². The number of hydrogen-bond acceptors (Lipinski definition) is 5. The Morgan fingerprint density at radius 1 is 1.20 bits per heavy atom. The summed E-state index contributed by atoms with van der Waals surface area (Å²) >= 11 is 0. The summed E-state index contributed by atoms with van der Waals surface area (Å²) in [5.74, 6) is 1.30. The molecule has 6 heteroatoms. The maximum absolute atomic E-state index is 13.0. The molecule has 0 fully saturated rings. The van der Waals surface area contributed by atoms with Gasteiger partial charge in [-0.2, -0.15) is 9.97 Å². The van der Waals surface area contributed by atoms with Crippen LogP contribution >= 0.6 is 0 Å². The number of anilines is 4. The summed E-state index contributed by atoms with van der Waals surface area (Å²) in [7, 11) is 0. The van der Waals surface area contributed by atoms with E-state index in [4.69, 9.17) is 5.73 Å². The highest BCUT2D eigenvalue weighted by Crippen LogP contribution is 2.25. The van der Waals surface area contributed by atoms with Crippen molar-refractivity contribution >= 4 is 23.3 Å². The fourth-order valence-corrected chi connectivity index (χ4v) is 1.96. The Hall–Kier alpha value is -2.37. The highest BCUT2D eigenvalue weighted by atomic mass is 19.1. The molecule has 20 heavy (non-hydrogen) atoms. The molecule has 0 saturated carbocycles. The van der Waals surface area contributed by atoms with Crippen LogP contribution in [0.2, 0.25) is 0 Å². The fourth-order valence-electron chi connectivity index (χ4n) is 1.96. The number of rotatable bonds is 5. The van der Waals surface area contributed by atoms with Crippen molar-refractivity contribution in [1.29, 1.82) is 0 Å². The first-order valence-electron chi connectivity index (χ1n) is 6.55. The molecule has 106 valence electrons. The minimum Gasteiger partial charge on any atom is -0.370 e. The van der Waals surface area contributed by atoms with E-state index in [1.54, 1.807) is 12.1 Å². The number of nitrogens with zero attached hydrogens (tertiary/aromatic N) is 3. The molecule has 0 unspecified atom stereocenters. The highest BCUT2D eigenvalue weighted by molar-refractivity contribution is 5.63. The van der Waals surface area contributed by atoms with Gasteiger partial charge in [-0.15, -0.1) is 0 Å². The Kier molecular flexibility index (Phi) is 4.34. The fraction of sp³-hybridized carbons (Fsp3) is 0.286. The summed E-state index contributed by atoms with van der Waals surface area (Å²) in [6.07, 6.45) is 0. The van der Waals surface area contributed by atoms with Gasteiger partial charge in [-0.3, -0.25) is 0 Å². The minimum atomic E-state index is -0.264. The van der Waals surface area contributed by atoms with Crippen LogP contribution in [0.4, 0.5) is 27.7 Å². The van der Waals surface area contributed by atoms with E-state index >= 15 is 0 Å². The topological polar surface area (TPSA) is 67.1 Å². The van der Waals surface area contributed by atoms with Crippen LogP contribution in [0.1, 0.15) is 13.8 Å². The zero-order valence-electron chi connectivity index (χ0n) is 11.6. The molecule has 0 radical (unpaired) electrons. The summed E-state index contributed by atoms with van der Waals surface area (Å²) in [5.41, 5.74) is 6.59. The number of halogens is 1. The van der Waals surface area contributed by atoms with Crippen molar-refractivity contribution in [3.63, 3.8) is 0 Å². The summed E-state index contributed by atoms with van der Waals surface area (Å²) in [6, 6.07) is 8.10. The van der Waals surface area contributed by atoms with Crippen molar-refractivity contribution in [1.82, 2.24) is 9.97 Å². The van der Waals surface area contributed by atoms with E-state index in [1.165, 1.54) is 12.1 Å². The van der Waals surface area contributed by atoms with E-state index < -0.39 is 0 Å². The summed E-state index contributed by atoms with van der Waals surface area (Å²) in [6.45, 7) is 5.41. The lowest BCUT2D eigenvalue weighted by Crippen LogP contribution is -2.19. The van der Waals surface area contributed by atoms with Crippen molar-refractivity contribution in [2.75, 3.05) is 29.0 Å². The molecule has 0 saturated heterocycles. The number of nitrogens with two attached hydrogens (primary N) is 1. The Morgan fingerprint density at radius 3 is 2.50 bits per heavy atom. The van der Waals surface area contributed by atoms with Crippen LogP contribution in [0.15, 0.2) is 30.3 Å². The van der Waals surface area contributed by atoms with Crippen molar-refractivity contribution in [3.05, 3.63) is 36.1 Å². The molecular formula is C14H18FN5. The molecule has 0 bridgehead atoms. The van der Waals surface area contributed by atoms with Crippen molar-refractivity contribution in [2.24, 2.45) is 0 Å². The standard InChI is InChI=1S/C14H18FN5/c1-3-17-12-9-13(19-14(16)18-12)20(4-2)11-7-5-10(15)6-8-11/h5-9H,3-4H2,1-2H3,(H3,16,17,18,19). The number of aromatic nitrogens is 2. The number of nitrogens with one attached hydrogen (secondary N) is 1. The maximum Gasteiger partial charge on any atom is 0.223 e. The first kappa shape index (κ1) is 14.0. The van der Waals surface area contributed by atoms with E-state index in [1.807, 2.05) is 24.8 Å². The van der Waals surface area contributed by atoms with Gasteiger partial charge in [0.1, 0.15) is 17.5 Å². The average molecular weight is 275 g/mol. The second kappa shape index (κ2) is 6.18. The van der Waals surface area contributed by atoms with Gasteiger partial charge < -0.3 is 16.0 Å². The normalized spacial score (nSPS) is 10.3. The molecular weight excluding hydrogens is 257 g/mol. The molecule has 1 aromatic carbocycles. The lowest BCUT2D eigenvalue weighted by molar-refractivity contribution is 0.628. The van der Waals surface area contributed by atoms with Crippen LogP contribution in [0.25, 0.3) is 0 Å². The van der Waals surface area contributed by atoms with Gasteiger partial charge in [0.05, 0.1) is 0 Å². The third kappa shape index (κ3) is 3.14. The van der Waals surface area contributed by atoms with E-state index in [0.29, 0.717) is 18.2 Å². The van der Waals surface area contributed by atoms with Crippen LogP contribution in [0.5, 0.6) is 0 Å². The molecule has 1 aromatic heterocycles. The Labute approximate surface area is 117 Å². The van der Waals surface area contributed by atoms with Gasteiger partial charge in [0.2, 0.25) is 5.95 Å². The van der Waals surface area contributed by atoms with Crippen LogP contribution in [0.3, 0.4) is 0 Å². The van der Waals surface area contributed by atoms with E-state index in [2.05, 4.69) is 15.3 Å². The average Bonchev–Trinajstić information content (AvgIpc) is 2.41. The quantitative estimate of drug-likeness (QED) is 0.878. The van der Waals surface area contributed by atoms with E-state index in [9.17, 15) is 4.39 Å². The SMILES string of the molecule is CCNc1cc(N(CC)c2ccc(F)cc2)nc(N)n1. The molecule has 2 rings (SSSR count). The molecule has 0 aliphatic carbocycles. The van der Waals surface area contributed by atoms with Gasteiger partial charge in [0, 0.05) is 24.8 Å². The third-order valence-corrected chi connectivity index (χ3v) is 2.82. The van der Waals surface area contributed by atoms with Gasteiger partial charge in [-0.05, 0) is 38.1 Å². The smallest absolute Gasteiger partial charge is 0.223 e. The Bertz CT molecular complexity index is 570. The number of nitrogen functional groups attached to an aromatic ring is 1. The largest absolute Gasteiger partial charge is 0.370 e. The molecule has 1 heterocycles. The predicted octanol–water partition coefficient (Wildman–Crippen LogP) is 2.79. The van der Waals surface area contributed by atoms with Crippen LogP contribution in [-0.2, 0) is 0 Å². The minimum absolute atomic E-state index is 0.207. The molecule has 0 atom stereocenters. The van der Waals surface area contributed by atoms with Gasteiger partial charge in [-0.1, -0.05) is 0 Å². The van der Waals surface area contributed by atoms with Crippen molar-refractivity contribution in [2.45, 2.75) is 13.8 Å². The summed E-state index contributed by atoms with van der Waals surface area (Å²) in [5, 5.41) is 3.11. The lowest BCUT2D eigenvalue weighted by atomic mass is 10.2. The molecule has 5 nitrogen and oxygen atoms in total. The number of hydrogen-bond donors (Lipinski definition) is 2. The predicted molar refractivity (Wildman–Crippen MR) is 79.7 cm³/mol. The van der Waals surface area contributed by atoms with Crippen molar-refractivity contribution < 1.29 is 4.39 Å².